The Hall–Kier alpha value is -2.31. The molecule has 7 heteroatoms. The summed E-state index contributed by atoms with van der Waals surface area (Å²) in [4.78, 5) is 38.5. The highest BCUT2D eigenvalue weighted by molar-refractivity contribution is 6.02. The van der Waals surface area contributed by atoms with E-state index in [1.165, 1.54) is 7.11 Å². The molecule has 2 heterocycles. The maximum Gasteiger partial charge on any atom is 0.339 e. The van der Waals surface area contributed by atoms with E-state index in [0.29, 0.717) is 29.8 Å². The molecule has 0 aliphatic carbocycles. The molecule has 1 atom stereocenters. The maximum absolute atomic E-state index is 12.3. The highest BCUT2D eigenvalue weighted by Crippen LogP contribution is 2.19. The molecule has 114 valence electrons. The molecule has 0 saturated carbocycles. The maximum atomic E-state index is 12.3. The summed E-state index contributed by atoms with van der Waals surface area (Å²) in [6, 6.07) is -0.532. The predicted molar refractivity (Wildman–Crippen MR) is 75.1 cm³/mol. The van der Waals surface area contributed by atoms with E-state index in [1.807, 2.05) is 0 Å². The van der Waals surface area contributed by atoms with Gasteiger partial charge in [-0.25, -0.2) is 4.79 Å². The molecule has 2 amide bonds. The molecule has 21 heavy (non-hydrogen) atoms. The Kier molecular flexibility index (Phi) is 4.30. The van der Waals surface area contributed by atoms with E-state index in [9.17, 15) is 14.4 Å². The van der Waals surface area contributed by atoms with Crippen molar-refractivity contribution in [3.63, 3.8) is 0 Å². The molecule has 1 fully saturated rings. The van der Waals surface area contributed by atoms with Crippen molar-refractivity contribution in [2.75, 3.05) is 13.7 Å². The average Bonchev–Trinajstić information content (AvgIpc) is 2.76. The zero-order valence-corrected chi connectivity index (χ0v) is 12.3. The number of carbonyl (C=O) groups is 3. The number of rotatable bonds is 3. The Labute approximate surface area is 122 Å². The number of hydrogen-bond acceptors (Lipinski definition) is 4. The number of piperidine rings is 1. The number of aryl methyl sites for hydroxylation is 1. The van der Waals surface area contributed by atoms with Crippen molar-refractivity contribution in [3.8, 4) is 0 Å². The molecule has 1 aliphatic rings. The van der Waals surface area contributed by atoms with Gasteiger partial charge in [-0.2, -0.15) is 0 Å². The molecule has 0 aromatic carbocycles. The van der Waals surface area contributed by atoms with Crippen LogP contribution in [0.4, 0.5) is 0 Å². The predicted octanol–water partition coefficient (Wildman–Crippen LogP) is 0.427. The highest BCUT2D eigenvalue weighted by atomic mass is 16.5. The fourth-order valence-electron chi connectivity index (χ4n) is 2.53. The number of nitrogens with one attached hydrogen (secondary N) is 3. The van der Waals surface area contributed by atoms with E-state index < -0.39 is 17.9 Å². The number of aromatic nitrogens is 1. The lowest BCUT2D eigenvalue weighted by Crippen LogP contribution is -2.50. The van der Waals surface area contributed by atoms with Gasteiger partial charge < -0.3 is 20.4 Å². The van der Waals surface area contributed by atoms with Gasteiger partial charge in [0.05, 0.1) is 12.7 Å². The minimum atomic E-state index is -0.532. The normalized spacial score (nSPS) is 18.0. The van der Waals surface area contributed by atoms with Gasteiger partial charge >= 0.3 is 5.97 Å². The smallest absolute Gasteiger partial charge is 0.339 e. The number of amides is 2. The van der Waals surface area contributed by atoms with Gasteiger partial charge in [0.1, 0.15) is 11.7 Å². The molecule has 1 aromatic heterocycles. The lowest BCUT2D eigenvalue weighted by Gasteiger charge is -2.22. The monoisotopic (exact) mass is 293 g/mol. The third-order valence-electron chi connectivity index (χ3n) is 3.64. The van der Waals surface area contributed by atoms with Gasteiger partial charge in [0.25, 0.3) is 5.91 Å². The van der Waals surface area contributed by atoms with Crippen LogP contribution in [0.15, 0.2) is 0 Å². The summed E-state index contributed by atoms with van der Waals surface area (Å²) in [6.07, 6.45) is 1.44. The van der Waals surface area contributed by atoms with Crippen LogP contribution in [-0.4, -0.2) is 42.5 Å². The van der Waals surface area contributed by atoms with Crippen LogP contribution in [0, 0.1) is 13.8 Å². The van der Waals surface area contributed by atoms with Crippen LogP contribution in [-0.2, 0) is 9.53 Å². The van der Waals surface area contributed by atoms with Crippen LogP contribution in [0.2, 0.25) is 0 Å². The summed E-state index contributed by atoms with van der Waals surface area (Å²) < 4.78 is 4.70. The van der Waals surface area contributed by atoms with Gasteiger partial charge in [-0.15, -0.1) is 0 Å². The second kappa shape index (κ2) is 5.99. The summed E-state index contributed by atoms with van der Waals surface area (Å²) in [5, 5.41) is 5.40. The van der Waals surface area contributed by atoms with Crippen LogP contribution in [0.3, 0.4) is 0 Å². The zero-order valence-electron chi connectivity index (χ0n) is 12.3. The minimum absolute atomic E-state index is 0.177. The SMILES string of the molecule is COC(=O)c1c(C)[nH]c(C(=O)NC2CCCNC2=O)c1C. The molecule has 3 N–H and O–H groups in total. The topological polar surface area (TPSA) is 100 Å². The largest absolute Gasteiger partial charge is 0.465 e. The van der Waals surface area contributed by atoms with E-state index in [1.54, 1.807) is 13.8 Å². The van der Waals surface area contributed by atoms with Gasteiger partial charge in [0, 0.05) is 12.2 Å². The van der Waals surface area contributed by atoms with Crippen molar-refractivity contribution in [1.29, 1.82) is 0 Å². The van der Waals surface area contributed by atoms with E-state index in [0.717, 1.165) is 6.42 Å². The van der Waals surface area contributed by atoms with Crippen molar-refractivity contribution in [2.45, 2.75) is 32.7 Å². The second-order valence-electron chi connectivity index (χ2n) is 5.08. The van der Waals surface area contributed by atoms with Gasteiger partial charge in [0.15, 0.2) is 0 Å². The Bertz CT molecular complexity index is 591. The number of hydrogen-bond donors (Lipinski definition) is 3. The summed E-state index contributed by atoms with van der Waals surface area (Å²) >= 11 is 0. The fraction of sp³-hybridized carbons (Fsp3) is 0.500. The Balaban J connectivity index is 2.20. The number of carbonyl (C=O) groups excluding carboxylic acids is 3. The molecule has 1 unspecified atom stereocenters. The molecule has 7 nitrogen and oxygen atoms in total. The van der Waals surface area contributed by atoms with Crippen LogP contribution in [0.5, 0.6) is 0 Å². The van der Waals surface area contributed by atoms with E-state index in [-0.39, 0.29) is 11.6 Å². The molecule has 0 bridgehead atoms. The Morgan fingerprint density at radius 2 is 2.05 bits per heavy atom. The first-order chi connectivity index (χ1) is 9.95. The number of ether oxygens (including phenoxy) is 1. The Morgan fingerprint density at radius 3 is 2.67 bits per heavy atom. The van der Waals surface area contributed by atoms with Crippen LogP contribution in [0.1, 0.15) is 44.9 Å². The summed E-state index contributed by atoms with van der Waals surface area (Å²) in [7, 11) is 1.29. The molecule has 1 aliphatic heterocycles. The molecule has 2 rings (SSSR count). The van der Waals surface area contributed by atoms with Gasteiger partial charge in [-0.1, -0.05) is 0 Å². The van der Waals surface area contributed by atoms with Crippen molar-refractivity contribution in [2.24, 2.45) is 0 Å². The highest BCUT2D eigenvalue weighted by Gasteiger charge is 2.27. The van der Waals surface area contributed by atoms with Crippen LogP contribution < -0.4 is 10.6 Å². The number of esters is 1. The van der Waals surface area contributed by atoms with E-state index >= 15 is 0 Å². The first-order valence-electron chi connectivity index (χ1n) is 6.81. The third kappa shape index (κ3) is 2.91. The molecular formula is C14H19N3O4. The molecule has 0 radical (unpaired) electrons. The number of methoxy groups -OCH3 is 1. The molecular weight excluding hydrogens is 274 g/mol. The van der Waals surface area contributed by atoms with Gasteiger partial charge in [-0.05, 0) is 32.3 Å². The quantitative estimate of drug-likeness (QED) is 0.703. The molecule has 1 aromatic rings. The second-order valence-corrected chi connectivity index (χ2v) is 5.08. The van der Waals surface area contributed by atoms with E-state index in [4.69, 9.17) is 4.74 Å². The lowest BCUT2D eigenvalue weighted by atomic mass is 10.1. The van der Waals surface area contributed by atoms with Crippen molar-refractivity contribution in [3.05, 3.63) is 22.5 Å². The minimum Gasteiger partial charge on any atom is -0.465 e. The number of aromatic amines is 1. The zero-order chi connectivity index (χ0) is 15.6. The summed E-state index contributed by atoms with van der Waals surface area (Å²) in [6.45, 7) is 4.01. The van der Waals surface area contributed by atoms with Crippen LogP contribution >= 0.6 is 0 Å². The standard InChI is InChI=1S/C14H19N3O4/c1-7-10(14(20)21-3)8(2)16-11(7)13(19)17-9-5-4-6-15-12(9)18/h9,16H,4-6H2,1-3H3,(H,15,18)(H,17,19). The summed E-state index contributed by atoms with van der Waals surface area (Å²) in [5.41, 5.74) is 1.73. The van der Waals surface area contributed by atoms with Crippen LogP contribution in [0.25, 0.3) is 0 Å². The third-order valence-corrected chi connectivity index (χ3v) is 3.64. The molecule has 0 spiro atoms. The van der Waals surface area contributed by atoms with Crippen molar-refractivity contribution < 1.29 is 19.1 Å². The summed E-state index contributed by atoms with van der Waals surface area (Å²) in [5.74, 6) is -1.06. The Morgan fingerprint density at radius 1 is 1.33 bits per heavy atom. The average molecular weight is 293 g/mol. The van der Waals surface area contributed by atoms with Crippen molar-refractivity contribution in [1.82, 2.24) is 15.6 Å². The lowest BCUT2D eigenvalue weighted by molar-refractivity contribution is -0.124. The van der Waals surface area contributed by atoms with Crippen molar-refractivity contribution >= 4 is 17.8 Å². The molecule has 1 saturated heterocycles. The van der Waals surface area contributed by atoms with Gasteiger partial charge in [-0.3, -0.25) is 9.59 Å². The fourth-order valence-corrected chi connectivity index (χ4v) is 2.53. The first-order valence-corrected chi connectivity index (χ1v) is 6.81. The van der Waals surface area contributed by atoms with Gasteiger partial charge in [0.2, 0.25) is 5.91 Å². The van der Waals surface area contributed by atoms with E-state index in [2.05, 4.69) is 15.6 Å². The first kappa shape index (κ1) is 15.1. The number of H-pyrrole nitrogens is 1.